The molecule has 0 bridgehead atoms. The minimum absolute atomic E-state index is 0.0916. The summed E-state index contributed by atoms with van der Waals surface area (Å²) in [4.78, 5) is 6.99. The van der Waals surface area contributed by atoms with Crippen LogP contribution in [-0.4, -0.2) is 16.6 Å². The standard InChI is InChI=1S/C21H26N2O/c1-13-9-10-15-16-8-7-11-22-19(16)24-18(15)17(13)23-14(2)20(3,4)12-21(23,5)6/h7-11,14H,12H2,1-6H3/t14-/m0/s1. The normalized spacial score (nSPS) is 22.6. The Balaban J connectivity index is 2.04. The lowest BCUT2D eigenvalue weighted by Crippen LogP contribution is -2.43. The van der Waals surface area contributed by atoms with E-state index in [1.54, 1.807) is 6.20 Å². The third-order valence-electron chi connectivity index (χ3n) is 5.89. The van der Waals surface area contributed by atoms with Gasteiger partial charge >= 0.3 is 0 Å². The fraction of sp³-hybridized carbons (Fsp3) is 0.476. The molecule has 1 atom stereocenters. The molecule has 24 heavy (non-hydrogen) atoms. The lowest BCUT2D eigenvalue weighted by molar-refractivity contribution is 0.329. The van der Waals surface area contributed by atoms with Crippen molar-refractivity contribution in [3.63, 3.8) is 0 Å². The highest BCUT2D eigenvalue weighted by molar-refractivity contribution is 6.08. The van der Waals surface area contributed by atoms with Crippen LogP contribution in [0.2, 0.25) is 0 Å². The molecule has 0 amide bonds. The number of anilines is 1. The number of pyridine rings is 1. The van der Waals surface area contributed by atoms with Crippen LogP contribution in [0.15, 0.2) is 34.9 Å². The molecule has 3 aromatic rings. The highest BCUT2D eigenvalue weighted by atomic mass is 16.3. The van der Waals surface area contributed by atoms with E-state index >= 15 is 0 Å². The van der Waals surface area contributed by atoms with Crippen molar-refractivity contribution in [2.45, 2.75) is 59.5 Å². The average molecular weight is 322 g/mol. The monoisotopic (exact) mass is 322 g/mol. The number of benzene rings is 1. The molecule has 1 aromatic carbocycles. The van der Waals surface area contributed by atoms with E-state index in [1.807, 2.05) is 6.07 Å². The number of aryl methyl sites for hydroxylation is 1. The maximum Gasteiger partial charge on any atom is 0.227 e. The predicted molar refractivity (Wildman–Crippen MR) is 101 cm³/mol. The number of hydrogen-bond acceptors (Lipinski definition) is 3. The van der Waals surface area contributed by atoms with Gasteiger partial charge in [0.2, 0.25) is 5.71 Å². The summed E-state index contributed by atoms with van der Waals surface area (Å²) in [5.74, 6) is 0. The van der Waals surface area contributed by atoms with E-state index in [0.717, 1.165) is 28.5 Å². The summed E-state index contributed by atoms with van der Waals surface area (Å²) in [7, 11) is 0. The lowest BCUT2D eigenvalue weighted by Gasteiger charge is -2.38. The van der Waals surface area contributed by atoms with Gasteiger partial charge in [-0.15, -0.1) is 0 Å². The molecule has 3 nitrogen and oxygen atoms in total. The van der Waals surface area contributed by atoms with Crippen LogP contribution in [-0.2, 0) is 0 Å². The summed E-state index contributed by atoms with van der Waals surface area (Å²) in [6.45, 7) is 14.0. The van der Waals surface area contributed by atoms with Gasteiger partial charge in [-0.3, -0.25) is 0 Å². The van der Waals surface area contributed by atoms with Crippen LogP contribution < -0.4 is 4.90 Å². The van der Waals surface area contributed by atoms with Crippen molar-refractivity contribution in [2.24, 2.45) is 5.41 Å². The van der Waals surface area contributed by atoms with Crippen molar-refractivity contribution in [1.82, 2.24) is 4.98 Å². The van der Waals surface area contributed by atoms with Crippen LogP contribution in [0.3, 0.4) is 0 Å². The van der Waals surface area contributed by atoms with Gasteiger partial charge in [0.15, 0.2) is 5.58 Å². The number of furan rings is 1. The van der Waals surface area contributed by atoms with E-state index in [-0.39, 0.29) is 11.0 Å². The Hall–Kier alpha value is -2.03. The second-order valence-electron chi connectivity index (χ2n) is 8.59. The zero-order valence-corrected chi connectivity index (χ0v) is 15.5. The number of fused-ring (bicyclic) bond motifs is 3. The van der Waals surface area contributed by atoms with Gasteiger partial charge in [-0.25, -0.2) is 4.98 Å². The maximum absolute atomic E-state index is 6.23. The number of hydrogen-bond donors (Lipinski definition) is 0. The summed E-state index contributed by atoms with van der Waals surface area (Å²) in [5.41, 5.74) is 4.55. The molecule has 2 aromatic heterocycles. The topological polar surface area (TPSA) is 29.3 Å². The first-order chi connectivity index (χ1) is 11.2. The van der Waals surface area contributed by atoms with Crippen LogP contribution in [0.1, 0.15) is 46.6 Å². The molecule has 1 aliphatic heterocycles. The van der Waals surface area contributed by atoms with Gasteiger partial charge in [-0.2, -0.15) is 0 Å². The molecule has 0 aliphatic carbocycles. The molecule has 3 heterocycles. The molecule has 0 N–H and O–H groups in total. The number of nitrogens with zero attached hydrogens (tertiary/aromatic N) is 2. The van der Waals surface area contributed by atoms with Crippen LogP contribution >= 0.6 is 0 Å². The largest absolute Gasteiger partial charge is 0.436 e. The predicted octanol–water partition coefficient (Wildman–Crippen LogP) is 5.69. The van der Waals surface area contributed by atoms with Gasteiger partial charge in [-0.1, -0.05) is 26.0 Å². The Morgan fingerprint density at radius 1 is 1.12 bits per heavy atom. The summed E-state index contributed by atoms with van der Waals surface area (Å²) in [5, 5.41) is 2.25. The average Bonchev–Trinajstić information content (AvgIpc) is 2.93. The first-order valence-corrected chi connectivity index (χ1v) is 8.78. The molecule has 1 aliphatic rings. The SMILES string of the molecule is Cc1ccc2c(oc3ncccc32)c1N1[C@@H](C)C(C)(C)CC1(C)C. The fourth-order valence-corrected chi connectivity index (χ4v) is 4.78. The summed E-state index contributed by atoms with van der Waals surface area (Å²) in [6.07, 6.45) is 2.96. The third kappa shape index (κ3) is 2.00. The molecule has 0 radical (unpaired) electrons. The molecule has 0 spiro atoms. The highest BCUT2D eigenvalue weighted by Crippen LogP contribution is 2.51. The van der Waals surface area contributed by atoms with Crippen LogP contribution in [0, 0.1) is 12.3 Å². The minimum atomic E-state index is 0.0916. The number of rotatable bonds is 1. The van der Waals surface area contributed by atoms with Crippen molar-refractivity contribution in [1.29, 1.82) is 0 Å². The van der Waals surface area contributed by atoms with Gasteiger partial charge in [0, 0.05) is 28.6 Å². The summed E-state index contributed by atoms with van der Waals surface area (Å²) in [6, 6.07) is 8.89. The molecule has 4 rings (SSSR count). The minimum Gasteiger partial charge on any atom is -0.436 e. The fourth-order valence-electron chi connectivity index (χ4n) is 4.78. The van der Waals surface area contributed by atoms with E-state index in [1.165, 1.54) is 11.3 Å². The van der Waals surface area contributed by atoms with Crippen molar-refractivity contribution in [2.75, 3.05) is 4.90 Å². The van der Waals surface area contributed by atoms with Gasteiger partial charge in [0.25, 0.3) is 0 Å². The van der Waals surface area contributed by atoms with Gasteiger partial charge in [0.05, 0.1) is 5.69 Å². The Morgan fingerprint density at radius 3 is 2.54 bits per heavy atom. The molecule has 126 valence electrons. The first kappa shape index (κ1) is 15.5. The Morgan fingerprint density at radius 2 is 1.88 bits per heavy atom. The Labute approximate surface area is 143 Å². The summed E-state index contributed by atoms with van der Waals surface area (Å²) < 4.78 is 6.23. The van der Waals surface area contributed by atoms with E-state index < -0.39 is 0 Å². The van der Waals surface area contributed by atoms with Crippen LogP contribution in [0.4, 0.5) is 5.69 Å². The van der Waals surface area contributed by atoms with Crippen molar-refractivity contribution in [3.05, 3.63) is 36.0 Å². The smallest absolute Gasteiger partial charge is 0.227 e. The van der Waals surface area contributed by atoms with Gasteiger partial charge in [0.1, 0.15) is 0 Å². The molecular formula is C21H26N2O. The zero-order valence-electron chi connectivity index (χ0n) is 15.5. The zero-order chi connectivity index (χ0) is 17.3. The Bertz CT molecular complexity index is 936. The van der Waals surface area contributed by atoms with E-state index in [9.17, 15) is 0 Å². The first-order valence-electron chi connectivity index (χ1n) is 8.78. The second kappa shape index (κ2) is 4.75. The highest BCUT2D eigenvalue weighted by Gasteiger charge is 2.49. The van der Waals surface area contributed by atoms with E-state index in [4.69, 9.17) is 4.42 Å². The quantitative estimate of drug-likeness (QED) is 0.576. The summed E-state index contributed by atoms with van der Waals surface area (Å²) >= 11 is 0. The lowest BCUT2D eigenvalue weighted by atomic mass is 9.82. The molecular weight excluding hydrogens is 296 g/mol. The molecule has 0 saturated carbocycles. The van der Waals surface area contributed by atoms with E-state index in [2.05, 4.69) is 69.6 Å². The Kier molecular flexibility index (Phi) is 3.07. The van der Waals surface area contributed by atoms with Crippen LogP contribution in [0.5, 0.6) is 0 Å². The van der Waals surface area contributed by atoms with Crippen molar-refractivity contribution >= 4 is 27.8 Å². The second-order valence-corrected chi connectivity index (χ2v) is 8.59. The maximum atomic E-state index is 6.23. The van der Waals surface area contributed by atoms with Crippen molar-refractivity contribution in [3.8, 4) is 0 Å². The molecule has 1 saturated heterocycles. The molecule has 3 heteroatoms. The number of aromatic nitrogens is 1. The van der Waals surface area contributed by atoms with Gasteiger partial charge < -0.3 is 9.32 Å². The molecule has 1 fully saturated rings. The van der Waals surface area contributed by atoms with E-state index in [0.29, 0.717) is 6.04 Å². The third-order valence-corrected chi connectivity index (χ3v) is 5.89. The van der Waals surface area contributed by atoms with Gasteiger partial charge in [-0.05, 0) is 57.2 Å². The molecule has 0 unspecified atom stereocenters. The van der Waals surface area contributed by atoms with Crippen LogP contribution in [0.25, 0.3) is 22.1 Å². The van der Waals surface area contributed by atoms with Crippen molar-refractivity contribution < 1.29 is 4.42 Å².